The van der Waals surface area contributed by atoms with E-state index in [-0.39, 0.29) is 22.8 Å². The van der Waals surface area contributed by atoms with Crippen LogP contribution in [0.25, 0.3) is 0 Å². The number of hydrogen-bond acceptors (Lipinski definition) is 2. The fraction of sp³-hybridized carbons (Fsp3) is 0.435. The Bertz CT molecular complexity index is 702. The summed E-state index contributed by atoms with van der Waals surface area (Å²) in [6.07, 6.45) is 0.290. The molecule has 0 aromatic heterocycles. The predicted octanol–water partition coefficient (Wildman–Crippen LogP) is 6.45. The van der Waals surface area contributed by atoms with Crippen molar-refractivity contribution in [2.24, 2.45) is 0 Å². The van der Waals surface area contributed by atoms with Crippen molar-refractivity contribution in [3.8, 4) is 0 Å². The Hall–Kier alpha value is -1.71. The van der Waals surface area contributed by atoms with Gasteiger partial charge in [0.2, 0.25) is 0 Å². The molecular formula is C23H32O2Si. The standard InChI is InChI=1S/C23H32O2Si/c1-18(19-13-9-7-10-14-19)22(25-26(5,6)23(2,3)4)17-21(24)20-15-11-8-12-16-20/h7-16,18,22H,17H2,1-6H3/t18-,22+/m1/s1. The van der Waals surface area contributed by atoms with Crippen LogP contribution in [0.2, 0.25) is 18.1 Å². The minimum absolute atomic E-state index is 0.109. The van der Waals surface area contributed by atoms with Gasteiger partial charge in [-0.1, -0.05) is 88.4 Å². The lowest BCUT2D eigenvalue weighted by Gasteiger charge is -2.41. The van der Waals surface area contributed by atoms with E-state index in [2.05, 4.69) is 52.9 Å². The Balaban J connectivity index is 2.28. The second-order valence-electron chi connectivity index (χ2n) is 8.61. The zero-order valence-corrected chi connectivity index (χ0v) is 18.0. The summed E-state index contributed by atoms with van der Waals surface area (Å²) < 4.78 is 6.73. The molecule has 26 heavy (non-hydrogen) atoms. The first kappa shape index (κ1) is 20.6. The third kappa shape index (κ3) is 5.15. The van der Waals surface area contributed by atoms with Gasteiger partial charge in [0.1, 0.15) is 0 Å². The Morgan fingerprint density at radius 2 is 1.46 bits per heavy atom. The van der Waals surface area contributed by atoms with E-state index in [0.29, 0.717) is 6.42 Å². The molecule has 2 aromatic carbocycles. The van der Waals surface area contributed by atoms with Crippen molar-refractivity contribution >= 4 is 14.1 Å². The van der Waals surface area contributed by atoms with Crippen LogP contribution in [0.4, 0.5) is 0 Å². The molecule has 2 rings (SSSR count). The summed E-state index contributed by atoms with van der Waals surface area (Å²) in [5.74, 6) is 0.315. The minimum Gasteiger partial charge on any atom is -0.413 e. The Morgan fingerprint density at radius 1 is 0.962 bits per heavy atom. The maximum Gasteiger partial charge on any atom is 0.192 e. The molecule has 0 saturated carbocycles. The van der Waals surface area contributed by atoms with Gasteiger partial charge in [0.25, 0.3) is 0 Å². The lowest BCUT2D eigenvalue weighted by atomic mass is 9.91. The molecule has 2 atom stereocenters. The lowest BCUT2D eigenvalue weighted by molar-refractivity contribution is 0.0861. The highest BCUT2D eigenvalue weighted by Gasteiger charge is 2.40. The van der Waals surface area contributed by atoms with E-state index in [1.54, 1.807) is 0 Å². The molecule has 0 radical (unpaired) electrons. The lowest BCUT2D eigenvalue weighted by Crippen LogP contribution is -2.45. The van der Waals surface area contributed by atoms with Crippen molar-refractivity contribution in [1.29, 1.82) is 0 Å². The van der Waals surface area contributed by atoms with Gasteiger partial charge in [-0.25, -0.2) is 0 Å². The zero-order valence-electron chi connectivity index (χ0n) is 17.0. The normalized spacial score (nSPS) is 14.7. The average Bonchev–Trinajstić information content (AvgIpc) is 2.61. The van der Waals surface area contributed by atoms with Crippen LogP contribution in [-0.4, -0.2) is 20.2 Å². The molecule has 0 N–H and O–H groups in total. The van der Waals surface area contributed by atoms with Gasteiger partial charge in [0.15, 0.2) is 14.1 Å². The van der Waals surface area contributed by atoms with Gasteiger partial charge in [-0.3, -0.25) is 4.79 Å². The summed E-state index contributed by atoms with van der Waals surface area (Å²) >= 11 is 0. The molecule has 0 saturated heterocycles. The second-order valence-corrected chi connectivity index (χ2v) is 13.4. The molecule has 2 aromatic rings. The van der Waals surface area contributed by atoms with Gasteiger partial charge >= 0.3 is 0 Å². The van der Waals surface area contributed by atoms with Crippen LogP contribution in [0.3, 0.4) is 0 Å². The third-order valence-electron chi connectivity index (χ3n) is 5.62. The molecule has 0 heterocycles. The highest BCUT2D eigenvalue weighted by molar-refractivity contribution is 6.74. The van der Waals surface area contributed by atoms with Gasteiger partial charge in [0, 0.05) is 17.9 Å². The van der Waals surface area contributed by atoms with Crippen molar-refractivity contribution in [3.05, 3.63) is 71.8 Å². The maximum absolute atomic E-state index is 12.9. The Morgan fingerprint density at radius 3 is 1.96 bits per heavy atom. The monoisotopic (exact) mass is 368 g/mol. The van der Waals surface area contributed by atoms with E-state index in [4.69, 9.17) is 4.43 Å². The largest absolute Gasteiger partial charge is 0.413 e. The van der Waals surface area contributed by atoms with E-state index >= 15 is 0 Å². The summed E-state index contributed by atoms with van der Waals surface area (Å²) in [6, 6.07) is 19.9. The van der Waals surface area contributed by atoms with Gasteiger partial charge in [0.05, 0.1) is 6.10 Å². The number of carbonyl (C=O) groups is 1. The summed E-state index contributed by atoms with van der Waals surface area (Å²) in [4.78, 5) is 12.9. The number of ketones is 1. The van der Waals surface area contributed by atoms with Crippen LogP contribution in [-0.2, 0) is 4.43 Å². The number of benzene rings is 2. The van der Waals surface area contributed by atoms with Gasteiger partial charge in [-0.15, -0.1) is 0 Å². The first-order valence-electron chi connectivity index (χ1n) is 9.43. The molecule has 2 nitrogen and oxygen atoms in total. The molecular weight excluding hydrogens is 336 g/mol. The molecule has 0 aliphatic rings. The van der Waals surface area contributed by atoms with E-state index in [9.17, 15) is 4.79 Å². The summed E-state index contributed by atoms with van der Waals surface area (Å²) in [5, 5.41) is 0.109. The topological polar surface area (TPSA) is 26.3 Å². The predicted molar refractivity (Wildman–Crippen MR) is 112 cm³/mol. The van der Waals surface area contributed by atoms with Gasteiger partial charge < -0.3 is 4.43 Å². The number of Topliss-reactive ketones (excluding diaryl/α,β-unsaturated/α-hetero) is 1. The van der Waals surface area contributed by atoms with Crippen LogP contribution >= 0.6 is 0 Å². The van der Waals surface area contributed by atoms with E-state index in [1.165, 1.54) is 5.56 Å². The van der Waals surface area contributed by atoms with Gasteiger partial charge in [-0.05, 0) is 23.7 Å². The van der Waals surface area contributed by atoms with Crippen LogP contribution in [0.15, 0.2) is 60.7 Å². The van der Waals surface area contributed by atoms with Gasteiger partial charge in [-0.2, -0.15) is 0 Å². The smallest absolute Gasteiger partial charge is 0.192 e. The van der Waals surface area contributed by atoms with E-state index in [0.717, 1.165) is 5.56 Å². The van der Waals surface area contributed by atoms with Crippen molar-refractivity contribution < 1.29 is 9.22 Å². The van der Waals surface area contributed by atoms with Crippen LogP contribution in [0, 0.1) is 0 Å². The molecule has 0 fully saturated rings. The highest BCUT2D eigenvalue weighted by Crippen LogP contribution is 2.39. The Kier molecular flexibility index (Phi) is 6.59. The van der Waals surface area contributed by atoms with E-state index in [1.807, 2.05) is 48.5 Å². The molecule has 0 unspecified atom stereocenters. The van der Waals surface area contributed by atoms with Crippen LogP contribution in [0.1, 0.15) is 56.0 Å². The van der Waals surface area contributed by atoms with E-state index < -0.39 is 8.32 Å². The van der Waals surface area contributed by atoms with Crippen molar-refractivity contribution in [2.75, 3.05) is 0 Å². The zero-order chi connectivity index (χ0) is 19.4. The SMILES string of the molecule is C[C@H](c1ccccc1)[C@H](CC(=O)c1ccccc1)O[Si](C)(C)C(C)(C)C. The molecule has 0 amide bonds. The number of rotatable bonds is 7. The van der Waals surface area contributed by atoms with Crippen molar-refractivity contribution in [1.82, 2.24) is 0 Å². The second kappa shape index (κ2) is 8.32. The number of carbonyl (C=O) groups excluding carboxylic acids is 1. The molecule has 3 heteroatoms. The van der Waals surface area contributed by atoms with Crippen LogP contribution in [0.5, 0.6) is 0 Å². The van der Waals surface area contributed by atoms with Crippen molar-refractivity contribution in [2.45, 2.75) is 64.3 Å². The summed E-state index contributed by atoms with van der Waals surface area (Å²) in [5.41, 5.74) is 1.98. The molecule has 0 aliphatic heterocycles. The number of hydrogen-bond donors (Lipinski definition) is 0. The summed E-state index contributed by atoms with van der Waals surface area (Å²) in [7, 11) is -1.98. The first-order valence-corrected chi connectivity index (χ1v) is 12.3. The first-order chi connectivity index (χ1) is 12.1. The molecule has 140 valence electrons. The third-order valence-corrected chi connectivity index (χ3v) is 10.1. The quantitative estimate of drug-likeness (QED) is 0.414. The highest BCUT2D eigenvalue weighted by atomic mass is 28.4. The molecule has 0 aliphatic carbocycles. The van der Waals surface area contributed by atoms with Crippen molar-refractivity contribution in [3.63, 3.8) is 0 Å². The minimum atomic E-state index is -1.98. The molecule has 0 spiro atoms. The maximum atomic E-state index is 12.9. The Labute approximate surface area is 159 Å². The average molecular weight is 369 g/mol. The summed E-state index contributed by atoms with van der Waals surface area (Å²) in [6.45, 7) is 13.4. The fourth-order valence-corrected chi connectivity index (χ4v) is 4.17. The van der Waals surface area contributed by atoms with Crippen LogP contribution < -0.4 is 0 Å². The fourth-order valence-electron chi connectivity index (χ4n) is 2.77. The molecule has 0 bridgehead atoms.